The van der Waals surface area contributed by atoms with Gasteiger partial charge in [0, 0.05) is 12.4 Å². The highest BCUT2D eigenvalue weighted by Crippen LogP contribution is 2.15. The summed E-state index contributed by atoms with van der Waals surface area (Å²) < 4.78 is 0.492. The highest BCUT2D eigenvalue weighted by molar-refractivity contribution is 9.10. The minimum Gasteiger partial charge on any atom is -0.306 e. The molecule has 0 aromatic carbocycles. The molecule has 1 amide bonds. The topological polar surface area (TPSA) is 54.9 Å². The lowest BCUT2D eigenvalue weighted by molar-refractivity contribution is 0.102. The highest BCUT2D eigenvalue weighted by atomic mass is 79.9. The van der Waals surface area contributed by atoms with E-state index >= 15 is 0 Å². The number of carbonyl (C=O) groups excluding carboxylic acids is 1. The van der Waals surface area contributed by atoms with Gasteiger partial charge >= 0.3 is 0 Å². The summed E-state index contributed by atoms with van der Waals surface area (Å²) in [6.07, 6.45) is 3.07. The number of amides is 1. The van der Waals surface area contributed by atoms with Crippen LogP contribution in [0, 0.1) is 0 Å². The van der Waals surface area contributed by atoms with Gasteiger partial charge in [-0.15, -0.1) is 0 Å². The lowest BCUT2D eigenvalue weighted by atomic mass is 10.2. The number of rotatable bonds is 2. The van der Waals surface area contributed by atoms with Crippen molar-refractivity contribution in [3.8, 4) is 0 Å². The molecular weight excluding hydrogens is 305 g/mol. The van der Waals surface area contributed by atoms with E-state index in [-0.39, 0.29) is 5.91 Å². The molecule has 0 spiro atoms. The molecule has 0 bridgehead atoms. The van der Waals surface area contributed by atoms with Crippen LogP contribution in [-0.4, -0.2) is 15.9 Å². The molecule has 0 unspecified atom stereocenters. The first-order chi connectivity index (χ1) is 8.16. The van der Waals surface area contributed by atoms with Gasteiger partial charge in [-0.2, -0.15) is 0 Å². The maximum absolute atomic E-state index is 11.9. The van der Waals surface area contributed by atoms with Crippen molar-refractivity contribution in [3.05, 3.63) is 51.8 Å². The number of nitrogens with zero attached hydrogens (tertiary/aromatic N) is 2. The number of halogens is 2. The Hall–Kier alpha value is -1.46. The average Bonchev–Trinajstić information content (AvgIpc) is 2.32. The Labute approximate surface area is 111 Å². The summed E-state index contributed by atoms with van der Waals surface area (Å²) in [7, 11) is 0. The first-order valence-electron chi connectivity index (χ1n) is 4.70. The van der Waals surface area contributed by atoms with Crippen LogP contribution in [0.3, 0.4) is 0 Å². The van der Waals surface area contributed by atoms with E-state index in [9.17, 15) is 4.79 Å². The van der Waals surface area contributed by atoms with Crippen LogP contribution in [0.5, 0.6) is 0 Å². The third-order valence-corrected chi connectivity index (χ3v) is 2.83. The largest absolute Gasteiger partial charge is 0.306 e. The fourth-order valence-corrected chi connectivity index (χ4v) is 1.73. The van der Waals surface area contributed by atoms with E-state index in [0.29, 0.717) is 21.0 Å². The average molecular weight is 313 g/mol. The monoisotopic (exact) mass is 311 g/mol. The molecule has 0 aliphatic carbocycles. The predicted octanol–water partition coefficient (Wildman–Crippen LogP) is 3.14. The zero-order valence-electron chi connectivity index (χ0n) is 8.52. The van der Waals surface area contributed by atoms with Crippen LogP contribution in [0.2, 0.25) is 5.02 Å². The Kier molecular flexibility index (Phi) is 3.71. The maximum Gasteiger partial charge on any atom is 0.259 e. The molecule has 0 radical (unpaired) electrons. The third-order valence-electron chi connectivity index (χ3n) is 1.97. The second-order valence-electron chi connectivity index (χ2n) is 3.16. The lowest BCUT2D eigenvalue weighted by Crippen LogP contribution is -2.13. The van der Waals surface area contributed by atoms with E-state index in [0.717, 1.165) is 0 Å². The van der Waals surface area contributed by atoms with Crippen molar-refractivity contribution in [3.63, 3.8) is 0 Å². The van der Waals surface area contributed by atoms with E-state index in [1.54, 1.807) is 30.5 Å². The molecule has 86 valence electrons. The van der Waals surface area contributed by atoms with Gasteiger partial charge in [0.05, 0.1) is 10.6 Å². The summed E-state index contributed by atoms with van der Waals surface area (Å²) in [4.78, 5) is 19.8. The van der Waals surface area contributed by atoms with Crippen LogP contribution >= 0.6 is 27.5 Å². The fraction of sp³-hybridized carbons (Fsp3) is 0. The smallest absolute Gasteiger partial charge is 0.259 e. The molecule has 1 N–H and O–H groups in total. The molecule has 17 heavy (non-hydrogen) atoms. The van der Waals surface area contributed by atoms with Gasteiger partial charge in [0.1, 0.15) is 10.4 Å². The van der Waals surface area contributed by atoms with E-state index in [1.807, 2.05) is 0 Å². The maximum atomic E-state index is 11.9. The first-order valence-corrected chi connectivity index (χ1v) is 5.87. The van der Waals surface area contributed by atoms with Crippen molar-refractivity contribution >= 4 is 39.3 Å². The third kappa shape index (κ3) is 3.01. The van der Waals surface area contributed by atoms with Crippen LogP contribution in [0.1, 0.15) is 10.4 Å². The molecule has 0 saturated carbocycles. The number of hydrogen-bond donors (Lipinski definition) is 1. The SMILES string of the molecule is O=C(Nc1ccc(Cl)cn1)c1cccnc1Br. The lowest BCUT2D eigenvalue weighted by Gasteiger charge is -2.05. The second-order valence-corrected chi connectivity index (χ2v) is 4.35. The molecule has 0 atom stereocenters. The van der Waals surface area contributed by atoms with Gasteiger partial charge in [0.25, 0.3) is 5.91 Å². The van der Waals surface area contributed by atoms with Gasteiger partial charge in [-0.25, -0.2) is 9.97 Å². The Morgan fingerprint density at radius 3 is 2.76 bits per heavy atom. The molecule has 0 aliphatic rings. The van der Waals surface area contributed by atoms with Crippen LogP contribution in [0.25, 0.3) is 0 Å². The van der Waals surface area contributed by atoms with E-state index < -0.39 is 0 Å². The van der Waals surface area contributed by atoms with Gasteiger partial charge < -0.3 is 5.32 Å². The Balaban J connectivity index is 2.17. The summed E-state index contributed by atoms with van der Waals surface area (Å²) in [5.74, 6) is 0.162. The van der Waals surface area contributed by atoms with Gasteiger partial charge in [-0.1, -0.05) is 11.6 Å². The van der Waals surface area contributed by atoms with E-state index in [4.69, 9.17) is 11.6 Å². The van der Waals surface area contributed by atoms with Crippen molar-refractivity contribution < 1.29 is 4.79 Å². The first kappa shape index (κ1) is 12.0. The molecule has 4 nitrogen and oxygen atoms in total. The zero-order valence-corrected chi connectivity index (χ0v) is 10.9. The summed E-state index contributed by atoms with van der Waals surface area (Å²) >= 11 is 8.91. The van der Waals surface area contributed by atoms with Crippen LogP contribution in [0.4, 0.5) is 5.82 Å². The Bertz CT molecular complexity index is 545. The molecular formula is C11H7BrClN3O. The quantitative estimate of drug-likeness (QED) is 0.867. The Morgan fingerprint density at radius 2 is 2.12 bits per heavy atom. The number of anilines is 1. The fourth-order valence-electron chi connectivity index (χ4n) is 1.19. The van der Waals surface area contributed by atoms with E-state index in [2.05, 4.69) is 31.2 Å². The molecule has 2 rings (SSSR count). The van der Waals surface area contributed by atoms with Crippen LogP contribution in [0.15, 0.2) is 41.3 Å². The molecule has 0 saturated heterocycles. The number of carbonyl (C=O) groups is 1. The standard InChI is InChI=1S/C11H7BrClN3O/c12-10-8(2-1-5-14-10)11(17)16-9-4-3-7(13)6-15-9/h1-6H,(H,15,16,17). The minimum absolute atomic E-state index is 0.278. The number of aromatic nitrogens is 2. The van der Waals surface area contributed by atoms with Crippen molar-refractivity contribution in [2.45, 2.75) is 0 Å². The van der Waals surface area contributed by atoms with Crippen molar-refractivity contribution in [1.29, 1.82) is 0 Å². The number of nitrogens with one attached hydrogen (secondary N) is 1. The minimum atomic E-state index is -0.278. The number of pyridine rings is 2. The summed E-state index contributed by atoms with van der Waals surface area (Å²) in [6, 6.07) is 6.64. The second kappa shape index (κ2) is 5.25. The Morgan fingerprint density at radius 1 is 1.29 bits per heavy atom. The normalized spacial score (nSPS) is 10.0. The predicted molar refractivity (Wildman–Crippen MR) is 69.1 cm³/mol. The van der Waals surface area contributed by atoms with Crippen molar-refractivity contribution in [2.75, 3.05) is 5.32 Å². The van der Waals surface area contributed by atoms with Crippen LogP contribution in [-0.2, 0) is 0 Å². The van der Waals surface area contributed by atoms with Crippen molar-refractivity contribution in [1.82, 2.24) is 9.97 Å². The van der Waals surface area contributed by atoms with Gasteiger partial charge in [-0.3, -0.25) is 4.79 Å². The van der Waals surface area contributed by atoms with Crippen molar-refractivity contribution in [2.24, 2.45) is 0 Å². The molecule has 2 aromatic heterocycles. The molecule has 2 aromatic rings. The summed E-state index contributed by atoms with van der Waals surface area (Å²) in [5, 5.41) is 3.17. The molecule has 6 heteroatoms. The van der Waals surface area contributed by atoms with Gasteiger partial charge in [0.15, 0.2) is 0 Å². The molecule has 0 aliphatic heterocycles. The highest BCUT2D eigenvalue weighted by Gasteiger charge is 2.10. The summed E-state index contributed by atoms with van der Waals surface area (Å²) in [6.45, 7) is 0. The number of hydrogen-bond acceptors (Lipinski definition) is 3. The van der Waals surface area contributed by atoms with E-state index in [1.165, 1.54) is 6.20 Å². The zero-order chi connectivity index (χ0) is 12.3. The van der Waals surface area contributed by atoms with Gasteiger partial charge in [-0.05, 0) is 40.2 Å². The molecule has 0 fully saturated rings. The van der Waals surface area contributed by atoms with Gasteiger partial charge in [0.2, 0.25) is 0 Å². The molecule has 2 heterocycles. The van der Waals surface area contributed by atoms with Crippen LogP contribution < -0.4 is 5.32 Å². The summed E-state index contributed by atoms with van der Waals surface area (Å²) in [5.41, 5.74) is 0.448.